The lowest BCUT2D eigenvalue weighted by Crippen LogP contribution is -2.16. The average molecular weight is 240 g/mol. The molecule has 0 aliphatic heterocycles. The molecule has 0 aromatic heterocycles. The lowest BCUT2D eigenvalue weighted by molar-refractivity contribution is -0.147. The lowest BCUT2D eigenvalue weighted by atomic mass is 10.0. The van der Waals surface area contributed by atoms with E-state index in [2.05, 4.69) is 0 Å². The number of aliphatic hydroxyl groups excluding tert-OH is 1. The average Bonchev–Trinajstić information content (AvgIpc) is 2.25. The molecule has 0 radical (unpaired) electrons. The number of hydrogen-bond acceptors (Lipinski definition) is 3. The van der Waals surface area contributed by atoms with Crippen LogP contribution in [0.25, 0.3) is 0 Å². The van der Waals surface area contributed by atoms with E-state index in [1.165, 1.54) is 6.92 Å². The molecule has 0 amide bonds. The molecule has 3 heteroatoms. The first-order chi connectivity index (χ1) is 8.18. The Labute approximate surface area is 104 Å². The van der Waals surface area contributed by atoms with Gasteiger partial charge in [-0.2, -0.15) is 0 Å². The molecule has 17 heavy (non-hydrogen) atoms. The molecule has 1 N–H and O–H groups in total. The Morgan fingerprint density at radius 1 is 1.18 bits per heavy atom. The molecule has 2 atom stereocenters. The number of aliphatic hydroxyl groups is 1. The molecule has 0 fully saturated rings. The summed E-state index contributed by atoms with van der Waals surface area (Å²) < 4.78 is 5.29. The van der Waals surface area contributed by atoms with Crippen molar-refractivity contribution in [2.45, 2.75) is 70.5 Å². The Morgan fingerprint density at radius 2 is 1.88 bits per heavy atom. The van der Waals surface area contributed by atoms with Gasteiger partial charge in [-0.3, -0.25) is 4.79 Å². The minimum absolute atomic E-state index is 0.0497. The first kappa shape index (κ1) is 14.2. The van der Waals surface area contributed by atoms with Crippen LogP contribution in [0.2, 0.25) is 0 Å². The molecule has 0 saturated carbocycles. The van der Waals surface area contributed by atoms with Crippen molar-refractivity contribution in [1.82, 2.24) is 0 Å². The Hall–Kier alpha value is -0.830. The highest BCUT2D eigenvalue weighted by atomic mass is 16.5. The first-order valence-electron chi connectivity index (χ1n) is 6.70. The van der Waals surface area contributed by atoms with Crippen LogP contribution in [0.1, 0.15) is 58.3 Å². The van der Waals surface area contributed by atoms with Crippen molar-refractivity contribution < 1.29 is 14.6 Å². The number of hydrogen-bond donors (Lipinski definition) is 1. The van der Waals surface area contributed by atoms with Crippen LogP contribution in [0.15, 0.2) is 12.2 Å². The summed E-state index contributed by atoms with van der Waals surface area (Å²) in [6.07, 6.45) is 11.7. The van der Waals surface area contributed by atoms with Crippen molar-refractivity contribution in [3.63, 3.8) is 0 Å². The Bertz CT molecular complexity index is 248. The van der Waals surface area contributed by atoms with Gasteiger partial charge in [0.1, 0.15) is 6.10 Å². The Balaban J connectivity index is 2.42. The monoisotopic (exact) mass is 240 g/mol. The summed E-state index contributed by atoms with van der Waals surface area (Å²) in [5, 5.41) is 9.63. The minimum atomic E-state index is -0.304. The van der Waals surface area contributed by atoms with Crippen molar-refractivity contribution in [3.8, 4) is 0 Å². The molecule has 0 saturated heterocycles. The van der Waals surface area contributed by atoms with Gasteiger partial charge in [0.2, 0.25) is 0 Å². The van der Waals surface area contributed by atoms with Gasteiger partial charge in [-0.05, 0) is 32.1 Å². The number of allylic oxidation sites excluding steroid dienone is 1. The summed E-state index contributed by atoms with van der Waals surface area (Å²) in [6, 6.07) is 0. The van der Waals surface area contributed by atoms with Gasteiger partial charge in [0.05, 0.1) is 6.10 Å². The van der Waals surface area contributed by atoms with Gasteiger partial charge >= 0.3 is 5.97 Å². The summed E-state index contributed by atoms with van der Waals surface area (Å²) in [5.41, 5.74) is 0. The zero-order chi connectivity index (χ0) is 12.5. The number of carbonyl (C=O) groups excluding carboxylic acids is 1. The lowest BCUT2D eigenvalue weighted by Gasteiger charge is -2.17. The van der Waals surface area contributed by atoms with Crippen molar-refractivity contribution >= 4 is 5.97 Å². The molecule has 2 unspecified atom stereocenters. The summed E-state index contributed by atoms with van der Waals surface area (Å²) >= 11 is 0. The van der Waals surface area contributed by atoms with Gasteiger partial charge in [-0.1, -0.05) is 31.4 Å². The summed E-state index contributed by atoms with van der Waals surface area (Å²) in [4.78, 5) is 11.0. The SMILES string of the molecule is CC(=O)OC1CCC=CC(O)CCCCCC1. The molecule has 0 bridgehead atoms. The van der Waals surface area contributed by atoms with E-state index in [1.54, 1.807) is 0 Å². The normalized spacial score (nSPS) is 27.9. The number of carbonyl (C=O) groups is 1. The van der Waals surface area contributed by atoms with Gasteiger partial charge in [0, 0.05) is 6.92 Å². The van der Waals surface area contributed by atoms with Crippen LogP contribution in [0, 0.1) is 0 Å². The fraction of sp³-hybridized carbons (Fsp3) is 0.786. The predicted octanol–water partition coefficient (Wildman–Crippen LogP) is 2.97. The zero-order valence-corrected chi connectivity index (χ0v) is 10.7. The van der Waals surface area contributed by atoms with E-state index in [-0.39, 0.29) is 18.2 Å². The molecule has 0 heterocycles. The maximum atomic E-state index is 11.0. The van der Waals surface area contributed by atoms with Crippen LogP contribution in [-0.4, -0.2) is 23.3 Å². The van der Waals surface area contributed by atoms with E-state index in [9.17, 15) is 9.90 Å². The quantitative estimate of drug-likeness (QED) is 0.566. The van der Waals surface area contributed by atoms with Crippen LogP contribution in [0.5, 0.6) is 0 Å². The van der Waals surface area contributed by atoms with Crippen molar-refractivity contribution in [2.24, 2.45) is 0 Å². The largest absolute Gasteiger partial charge is 0.463 e. The summed E-state index contributed by atoms with van der Waals surface area (Å²) in [5.74, 6) is -0.189. The van der Waals surface area contributed by atoms with E-state index in [0.717, 1.165) is 51.4 Å². The second kappa shape index (κ2) is 8.29. The van der Waals surface area contributed by atoms with Crippen LogP contribution in [0.4, 0.5) is 0 Å². The Kier molecular flexibility index (Phi) is 6.94. The molecule has 1 aliphatic carbocycles. The standard InChI is InChI=1S/C14H24O3/c1-12(15)17-14-10-5-3-2-4-8-13(16)9-6-7-11-14/h6,9,13-14,16H,2-5,7-8,10-11H2,1H3. The maximum absolute atomic E-state index is 11.0. The van der Waals surface area contributed by atoms with Crippen LogP contribution < -0.4 is 0 Å². The highest BCUT2D eigenvalue weighted by Crippen LogP contribution is 2.16. The van der Waals surface area contributed by atoms with Crippen LogP contribution >= 0.6 is 0 Å². The summed E-state index contributed by atoms with van der Waals surface area (Å²) in [7, 11) is 0. The smallest absolute Gasteiger partial charge is 0.302 e. The highest BCUT2D eigenvalue weighted by Gasteiger charge is 2.11. The second-order valence-electron chi connectivity index (χ2n) is 4.80. The van der Waals surface area contributed by atoms with Gasteiger partial charge < -0.3 is 9.84 Å². The van der Waals surface area contributed by atoms with Crippen LogP contribution in [-0.2, 0) is 9.53 Å². The zero-order valence-electron chi connectivity index (χ0n) is 10.7. The third-order valence-electron chi connectivity index (χ3n) is 3.12. The first-order valence-corrected chi connectivity index (χ1v) is 6.70. The van der Waals surface area contributed by atoms with Crippen molar-refractivity contribution in [1.29, 1.82) is 0 Å². The molecular formula is C14H24O3. The fourth-order valence-electron chi connectivity index (χ4n) is 2.21. The maximum Gasteiger partial charge on any atom is 0.302 e. The van der Waals surface area contributed by atoms with E-state index in [0.29, 0.717) is 0 Å². The topological polar surface area (TPSA) is 46.5 Å². The minimum Gasteiger partial charge on any atom is -0.463 e. The van der Waals surface area contributed by atoms with Gasteiger partial charge in [-0.25, -0.2) is 0 Å². The van der Waals surface area contributed by atoms with Gasteiger partial charge in [0.15, 0.2) is 0 Å². The fourth-order valence-corrected chi connectivity index (χ4v) is 2.21. The number of esters is 1. The van der Waals surface area contributed by atoms with Crippen molar-refractivity contribution in [2.75, 3.05) is 0 Å². The number of ether oxygens (including phenoxy) is 1. The third kappa shape index (κ3) is 7.16. The molecule has 0 spiro atoms. The summed E-state index contributed by atoms with van der Waals surface area (Å²) in [6.45, 7) is 1.47. The molecule has 1 rings (SSSR count). The molecular weight excluding hydrogens is 216 g/mol. The van der Waals surface area contributed by atoms with E-state index in [4.69, 9.17) is 4.74 Å². The molecule has 98 valence electrons. The highest BCUT2D eigenvalue weighted by molar-refractivity contribution is 5.66. The molecule has 1 aliphatic rings. The van der Waals surface area contributed by atoms with E-state index < -0.39 is 0 Å². The van der Waals surface area contributed by atoms with E-state index in [1.807, 2.05) is 12.2 Å². The Morgan fingerprint density at radius 3 is 2.59 bits per heavy atom. The third-order valence-corrected chi connectivity index (χ3v) is 3.12. The van der Waals surface area contributed by atoms with Crippen LogP contribution in [0.3, 0.4) is 0 Å². The van der Waals surface area contributed by atoms with E-state index >= 15 is 0 Å². The van der Waals surface area contributed by atoms with Crippen molar-refractivity contribution in [3.05, 3.63) is 12.2 Å². The molecule has 0 aromatic rings. The second-order valence-corrected chi connectivity index (χ2v) is 4.80. The van der Waals surface area contributed by atoms with Gasteiger partial charge in [0.25, 0.3) is 0 Å². The van der Waals surface area contributed by atoms with Gasteiger partial charge in [-0.15, -0.1) is 0 Å². The number of rotatable bonds is 1. The molecule has 3 nitrogen and oxygen atoms in total. The molecule has 0 aromatic carbocycles. The predicted molar refractivity (Wildman–Crippen MR) is 67.6 cm³/mol.